The van der Waals surface area contributed by atoms with E-state index in [4.69, 9.17) is 14.6 Å². The van der Waals surface area contributed by atoms with E-state index in [0.29, 0.717) is 19.0 Å². The van der Waals surface area contributed by atoms with Gasteiger partial charge in [-0.2, -0.15) is 0 Å². The van der Waals surface area contributed by atoms with Crippen LogP contribution in [0, 0.1) is 0 Å². The first-order valence-corrected chi connectivity index (χ1v) is 6.48. The maximum atomic E-state index is 9.53. The maximum absolute atomic E-state index is 9.53. The molecule has 5 heteroatoms. The van der Waals surface area contributed by atoms with Crippen LogP contribution in [0.25, 0.3) is 0 Å². The molecule has 0 amide bonds. The van der Waals surface area contributed by atoms with Crippen LogP contribution in [0.1, 0.15) is 24.9 Å². The molecule has 1 aromatic rings. The Morgan fingerprint density at radius 2 is 2.11 bits per heavy atom. The number of hydrogen-bond donors (Lipinski definition) is 3. The zero-order valence-electron chi connectivity index (χ0n) is 11.6. The van der Waals surface area contributed by atoms with Crippen molar-refractivity contribution in [3.05, 3.63) is 23.8 Å². The first-order chi connectivity index (χ1) is 9.19. The molecule has 5 nitrogen and oxygen atoms in total. The Labute approximate surface area is 114 Å². The van der Waals surface area contributed by atoms with Crippen LogP contribution in [-0.2, 0) is 4.74 Å². The molecule has 0 heterocycles. The molecule has 1 unspecified atom stereocenters. The SMILES string of the molecule is COc1cc(C(C)NCCCOCCO)ccc1O. The standard InChI is InChI=1S/C14H23NO4/c1-11(15-6-3-8-19-9-7-16)12-4-5-13(17)14(10-12)18-2/h4-5,10-11,15-17H,3,6-9H2,1-2H3. The Balaban J connectivity index is 2.34. The second kappa shape index (κ2) is 8.74. The van der Waals surface area contributed by atoms with Gasteiger partial charge in [0.25, 0.3) is 0 Å². The lowest BCUT2D eigenvalue weighted by Gasteiger charge is -2.15. The molecule has 0 radical (unpaired) electrons. The third-order valence-corrected chi connectivity index (χ3v) is 2.86. The summed E-state index contributed by atoms with van der Waals surface area (Å²) in [6.45, 7) is 3.98. The van der Waals surface area contributed by atoms with E-state index >= 15 is 0 Å². The summed E-state index contributed by atoms with van der Waals surface area (Å²) in [4.78, 5) is 0. The van der Waals surface area contributed by atoms with Gasteiger partial charge in [0.1, 0.15) is 0 Å². The van der Waals surface area contributed by atoms with Gasteiger partial charge in [-0.05, 0) is 37.6 Å². The van der Waals surface area contributed by atoms with Crippen LogP contribution in [-0.4, -0.2) is 43.7 Å². The average molecular weight is 269 g/mol. The molecule has 0 spiro atoms. The van der Waals surface area contributed by atoms with Crippen molar-refractivity contribution in [2.75, 3.05) is 33.5 Å². The van der Waals surface area contributed by atoms with Gasteiger partial charge in [-0.25, -0.2) is 0 Å². The van der Waals surface area contributed by atoms with Gasteiger partial charge in [-0.15, -0.1) is 0 Å². The quantitative estimate of drug-likeness (QED) is 0.592. The molecule has 108 valence electrons. The van der Waals surface area contributed by atoms with Crippen LogP contribution < -0.4 is 10.1 Å². The van der Waals surface area contributed by atoms with E-state index in [0.717, 1.165) is 18.5 Å². The molecule has 0 saturated heterocycles. The molecular formula is C14H23NO4. The van der Waals surface area contributed by atoms with Crippen LogP contribution in [0.5, 0.6) is 11.5 Å². The van der Waals surface area contributed by atoms with E-state index in [1.165, 1.54) is 7.11 Å². The molecule has 3 N–H and O–H groups in total. The van der Waals surface area contributed by atoms with Gasteiger partial charge < -0.3 is 25.0 Å². The Bertz CT molecular complexity index is 370. The topological polar surface area (TPSA) is 71.0 Å². The number of aliphatic hydroxyl groups excluding tert-OH is 1. The van der Waals surface area contributed by atoms with Gasteiger partial charge in [0, 0.05) is 12.6 Å². The van der Waals surface area contributed by atoms with E-state index in [1.54, 1.807) is 6.07 Å². The fraction of sp³-hybridized carbons (Fsp3) is 0.571. The lowest BCUT2D eigenvalue weighted by atomic mass is 10.1. The Hall–Kier alpha value is -1.30. The summed E-state index contributed by atoms with van der Waals surface area (Å²) >= 11 is 0. The zero-order chi connectivity index (χ0) is 14.1. The molecule has 0 aliphatic carbocycles. The number of hydrogen-bond acceptors (Lipinski definition) is 5. The number of ether oxygens (including phenoxy) is 2. The normalized spacial score (nSPS) is 12.4. The number of phenolic OH excluding ortho intramolecular Hbond substituents is 1. The highest BCUT2D eigenvalue weighted by Gasteiger charge is 2.08. The lowest BCUT2D eigenvalue weighted by Crippen LogP contribution is -2.21. The van der Waals surface area contributed by atoms with Crippen molar-refractivity contribution in [1.29, 1.82) is 0 Å². The summed E-state index contributed by atoms with van der Waals surface area (Å²) in [6.07, 6.45) is 0.888. The minimum absolute atomic E-state index is 0.0666. The summed E-state index contributed by atoms with van der Waals surface area (Å²) in [6, 6.07) is 5.51. The first kappa shape index (κ1) is 15.8. The second-order valence-corrected chi connectivity index (χ2v) is 4.30. The number of rotatable bonds is 9. The van der Waals surface area contributed by atoms with E-state index in [-0.39, 0.29) is 18.4 Å². The molecule has 19 heavy (non-hydrogen) atoms. The van der Waals surface area contributed by atoms with E-state index < -0.39 is 0 Å². The van der Waals surface area contributed by atoms with Gasteiger partial charge >= 0.3 is 0 Å². The van der Waals surface area contributed by atoms with Gasteiger partial charge in [0.15, 0.2) is 11.5 Å². The highest BCUT2D eigenvalue weighted by Crippen LogP contribution is 2.28. The zero-order valence-corrected chi connectivity index (χ0v) is 11.6. The average Bonchev–Trinajstić information content (AvgIpc) is 2.43. The minimum atomic E-state index is 0.0666. The predicted octanol–water partition coefficient (Wildman–Crippen LogP) is 1.45. The van der Waals surface area contributed by atoms with Crippen LogP contribution in [0.2, 0.25) is 0 Å². The second-order valence-electron chi connectivity index (χ2n) is 4.30. The molecule has 0 aromatic heterocycles. The summed E-state index contributed by atoms with van der Waals surface area (Å²) in [5.41, 5.74) is 1.06. The smallest absolute Gasteiger partial charge is 0.160 e. The van der Waals surface area contributed by atoms with Crippen LogP contribution in [0.15, 0.2) is 18.2 Å². The van der Waals surface area contributed by atoms with E-state index in [1.807, 2.05) is 12.1 Å². The lowest BCUT2D eigenvalue weighted by molar-refractivity contribution is 0.0904. The number of phenols is 1. The number of aromatic hydroxyl groups is 1. The molecule has 1 rings (SSSR count). The summed E-state index contributed by atoms with van der Waals surface area (Å²) in [5, 5.41) is 21.5. The molecule has 0 aliphatic heterocycles. The number of aliphatic hydroxyl groups is 1. The molecule has 1 aromatic carbocycles. The number of methoxy groups -OCH3 is 1. The van der Waals surface area contributed by atoms with Gasteiger partial charge in [0.05, 0.1) is 20.3 Å². The molecule has 0 saturated carbocycles. The van der Waals surface area contributed by atoms with E-state index in [2.05, 4.69) is 12.2 Å². The van der Waals surface area contributed by atoms with Crippen LogP contribution in [0.3, 0.4) is 0 Å². The van der Waals surface area contributed by atoms with Crippen molar-refractivity contribution in [1.82, 2.24) is 5.32 Å². The Morgan fingerprint density at radius 3 is 2.79 bits per heavy atom. The highest BCUT2D eigenvalue weighted by atomic mass is 16.5. The fourth-order valence-corrected chi connectivity index (χ4v) is 1.74. The monoisotopic (exact) mass is 269 g/mol. The summed E-state index contributed by atoms with van der Waals surface area (Å²) in [5.74, 6) is 0.633. The maximum Gasteiger partial charge on any atom is 0.160 e. The first-order valence-electron chi connectivity index (χ1n) is 6.48. The van der Waals surface area contributed by atoms with E-state index in [9.17, 15) is 5.11 Å². The van der Waals surface area contributed by atoms with Crippen LogP contribution in [0.4, 0.5) is 0 Å². The van der Waals surface area contributed by atoms with Crippen LogP contribution >= 0.6 is 0 Å². The number of nitrogens with one attached hydrogen (secondary N) is 1. The van der Waals surface area contributed by atoms with Gasteiger partial charge in [0.2, 0.25) is 0 Å². The summed E-state index contributed by atoms with van der Waals surface area (Å²) in [7, 11) is 1.54. The highest BCUT2D eigenvalue weighted by molar-refractivity contribution is 5.42. The van der Waals surface area contributed by atoms with Crippen molar-refractivity contribution < 1.29 is 19.7 Å². The third-order valence-electron chi connectivity index (χ3n) is 2.86. The van der Waals surface area contributed by atoms with Crippen molar-refractivity contribution in [2.24, 2.45) is 0 Å². The third kappa shape index (κ3) is 5.46. The van der Waals surface area contributed by atoms with Gasteiger partial charge in [-0.1, -0.05) is 6.07 Å². The van der Waals surface area contributed by atoms with Crippen molar-refractivity contribution >= 4 is 0 Å². The van der Waals surface area contributed by atoms with Crippen molar-refractivity contribution in [3.63, 3.8) is 0 Å². The Morgan fingerprint density at radius 1 is 1.32 bits per heavy atom. The molecule has 0 fully saturated rings. The number of benzene rings is 1. The minimum Gasteiger partial charge on any atom is -0.504 e. The molecule has 1 atom stereocenters. The fourth-order valence-electron chi connectivity index (χ4n) is 1.74. The molecular weight excluding hydrogens is 246 g/mol. The van der Waals surface area contributed by atoms with Crippen molar-refractivity contribution in [2.45, 2.75) is 19.4 Å². The Kier molecular flexibility index (Phi) is 7.25. The molecule has 0 bridgehead atoms. The van der Waals surface area contributed by atoms with Gasteiger partial charge in [-0.3, -0.25) is 0 Å². The molecule has 0 aliphatic rings. The largest absolute Gasteiger partial charge is 0.504 e. The predicted molar refractivity (Wildman–Crippen MR) is 73.6 cm³/mol. The van der Waals surface area contributed by atoms with Crippen molar-refractivity contribution in [3.8, 4) is 11.5 Å². The summed E-state index contributed by atoms with van der Waals surface area (Å²) < 4.78 is 10.3.